The maximum atomic E-state index is 11.9. The highest BCUT2D eigenvalue weighted by atomic mass is 35.5. The SMILES string of the molecule is C[C@H](NCC(=O)NCc1ccccc1Cl)c1cccc(Cl)c1. The Kier molecular flexibility index (Phi) is 6.25. The predicted molar refractivity (Wildman–Crippen MR) is 91.2 cm³/mol. The second-order valence-electron chi connectivity index (χ2n) is 5.03. The fourth-order valence-corrected chi connectivity index (χ4v) is 2.44. The van der Waals surface area contributed by atoms with E-state index in [4.69, 9.17) is 23.2 Å². The van der Waals surface area contributed by atoms with Crippen LogP contribution in [-0.4, -0.2) is 12.5 Å². The van der Waals surface area contributed by atoms with Crippen LogP contribution >= 0.6 is 23.2 Å². The van der Waals surface area contributed by atoms with E-state index in [2.05, 4.69) is 10.6 Å². The van der Waals surface area contributed by atoms with Crippen LogP contribution in [0.3, 0.4) is 0 Å². The minimum Gasteiger partial charge on any atom is -0.351 e. The lowest BCUT2D eigenvalue weighted by Crippen LogP contribution is -2.34. The summed E-state index contributed by atoms with van der Waals surface area (Å²) in [6.45, 7) is 2.65. The standard InChI is InChI=1S/C17H18Cl2N2O/c1-12(13-6-4-7-15(18)9-13)20-11-17(22)21-10-14-5-2-3-8-16(14)19/h2-9,12,20H,10-11H2,1H3,(H,21,22)/t12-/m0/s1. The van der Waals surface area contributed by atoms with E-state index >= 15 is 0 Å². The summed E-state index contributed by atoms with van der Waals surface area (Å²) < 4.78 is 0. The quantitative estimate of drug-likeness (QED) is 0.838. The van der Waals surface area contributed by atoms with Crippen molar-refractivity contribution in [2.24, 2.45) is 0 Å². The molecule has 0 saturated carbocycles. The highest BCUT2D eigenvalue weighted by molar-refractivity contribution is 6.31. The Hall–Kier alpha value is -1.55. The number of hydrogen-bond donors (Lipinski definition) is 2. The van der Waals surface area contributed by atoms with E-state index in [1.54, 1.807) is 0 Å². The molecule has 0 radical (unpaired) electrons. The summed E-state index contributed by atoms with van der Waals surface area (Å²) in [5, 5.41) is 7.36. The molecule has 22 heavy (non-hydrogen) atoms. The summed E-state index contributed by atoms with van der Waals surface area (Å²) in [7, 11) is 0. The first-order valence-electron chi connectivity index (χ1n) is 7.05. The molecule has 0 aliphatic carbocycles. The van der Waals surface area contributed by atoms with Crippen molar-refractivity contribution in [3.8, 4) is 0 Å². The van der Waals surface area contributed by atoms with E-state index in [9.17, 15) is 4.79 Å². The molecule has 1 atom stereocenters. The molecule has 2 aromatic rings. The number of carbonyl (C=O) groups is 1. The van der Waals surface area contributed by atoms with Crippen LogP contribution in [-0.2, 0) is 11.3 Å². The van der Waals surface area contributed by atoms with Crippen LogP contribution < -0.4 is 10.6 Å². The van der Waals surface area contributed by atoms with Gasteiger partial charge in [0, 0.05) is 22.6 Å². The molecule has 3 nitrogen and oxygen atoms in total. The smallest absolute Gasteiger partial charge is 0.234 e. The van der Waals surface area contributed by atoms with Gasteiger partial charge in [0.15, 0.2) is 0 Å². The molecule has 0 saturated heterocycles. The van der Waals surface area contributed by atoms with Gasteiger partial charge in [0.25, 0.3) is 0 Å². The van der Waals surface area contributed by atoms with Crippen molar-refractivity contribution in [3.05, 3.63) is 69.7 Å². The van der Waals surface area contributed by atoms with Gasteiger partial charge >= 0.3 is 0 Å². The number of nitrogens with one attached hydrogen (secondary N) is 2. The normalized spacial score (nSPS) is 12.0. The van der Waals surface area contributed by atoms with Gasteiger partial charge in [0.05, 0.1) is 6.54 Å². The number of carbonyl (C=O) groups excluding carboxylic acids is 1. The summed E-state index contributed by atoms with van der Waals surface area (Å²) >= 11 is 12.0. The Morgan fingerprint density at radius 1 is 1.14 bits per heavy atom. The van der Waals surface area contributed by atoms with Crippen LogP contribution in [0, 0.1) is 0 Å². The lowest BCUT2D eigenvalue weighted by Gasteiger charge is -2.14. The first-order chi connectivity index (χ1) is 10.6. The molecule has 2 rings (SSSR count). The molecule has 0 spiro atoms. The van der Waals surface area contributed by atoms with E-state index in [0.717, 1.165) is 11.1 Å². The molecule has 0 unspecified atom stereocenters. The molecule has 0 fully saturated rings. The van der Waals surface area contributed by atoms with Crippen molar-refractivity contribution in [2.75, 3.05) is 6.54 Å². The topological polar surface area (TPSA) is 41.1 Å². The third-order valence-corrected chi connectivity index (χ3v) is 3.96. The fraction of sp³-hybridized carbons (Fsp3) is 0.235. The van der Waals surface area contributed by atoms with Crippen LogP contribution in [0.15, 0.2) is 48.5 Å². The first-order valence-corrected chi connectivity index (χ1v) is 7.81. The van der Waals surface area contributed by atoms with Crippen molar-refractivity contribution in [1.29, 1.82) is 0 Å². The number of rotatable bonds is 6. The van der Waals surface area contributed by atoms with E-state index in [1.807, 2.05) is 55.5 Å². The van der Waals surface area contributed by atoms with Gasteiger partial charge in [-0.2, -0.15) is 0 Å². The number of hydrogen-bond acceptors (Lipinski definition) is 2. The Balaban J connectivity index is 1.79. The highest BCUT2D eigenvalue weighted by Gasteiger charge is 2.08. The zero-order valence-electron chi connectivity index (χ0n) is 12.3. The maximum absolute atomic E-state index is 11.9. The van der Waals surface area contributed by atoms with Gasteiger partial charge in [0.1, 0.15) is 0 Å². The molecule has 0 aromatic heterocycles. The van der Waals surface area contributed by atoms with Crippen molar-refractivity contribution >= 4 is 29.1 Å². The Bertz CT molecular complexity index is 646. The number of amides is 1. The average molecular weight is 337 g/mol. The highest BCUT2D eigenvalue weighted by Crippen LogP contribution is 2.17. The lowest BCUT2D eigenvalue weighted by atomic mass is 10.1. The van der Waals surface area contributed by atoms with Gasteiger partial charge in [0.2, 0.25) is 5.91 Å². The molecule has 1 amide bonds. The predicted octanol–water partition coefficient (Wildman–Crippen LogP) is 3.96. The van der Waals surface area contributed by atoms with Crippen molar-refractivity contribution in [1.82, 2.24) is 10.6 Å². The van der Waals surface area contributed by atoms with Crippen molar-refractivity contribution in [2.45, 2.75) is 19.5 Å². The van der Waals surface area contributed by atoms with Gasteiger partial charge in [-0.1, -0.05) is 53.5 Å². The second-order valence-corrected chi connectivity index (χ2v) is 5.87. The Morgan fingerprint density at radius 2 is 1.91 bits per heavy atom. The molecule has 0 bridgehead atoms. The van der Waals surface area contributed by atoms with Crippen LogP contribution in [0.25, 0.3) is 0 Å². The summed E-state index contributed by atoms with van der Waals surface area (Å²) in [5.74, 6) is -0.0752. The van der Waals surface area contributed by atoms with E-state index in [-0.39, 0.29) is 18.5 Å². The van der Waals surface area contributed by atoms with Crippen molar-refractivity contribution < 1.29 is 4.79 Å². The van der Waals surface area contributed by atoms with Gasteiger partial charge in [-0.3, -0.25) is 4.79 Å². The number of halogens is 2. The largest absolute Gasteiger partial charge is 0.351 e. The van der Waals surface area contributed by atoms with E-state index in [0.29, 0.717) is 16.6 Å². The Labute approximate surface area is 140 Å². The molecular formula is C17H18Cl2N2O. The van der Waals surface area contributed by atoms with Gasteiger partial charge in [-0.15, -0.1) is 0 Å². The molecule has 0 heterocycles. The summed E-state index contributed by atoms with van der Waals surface area (Å²) in [6, 6.07) is 15.1. The van der Waals surface area contributed by atoms with Crippen LogP contribution in [0.5, 0.6) is 0 Å². The Morgan fingerprint density at radius 3 is 2.64 bits per heavy atom. The van der Waals surface area contributed by atoms with Gasteiger partial charge < -0.3 is 10.6 Å². The third-order valence-electron chi connectivity index (χ3n) is 3.35. The molecule has 0 aliphatic rings. The van der Waals surface area contributed by atoms with Crippen LogP contribution in [0.4, 0.5) is 0 Å². The van der Waals surface area contributed by atoms with Gasteiger partial charge in [-0.25, -0.2) is 0 Å². The monoisotopic (exact) mass is 336 g/mol. The minimum atomic E-state index is -0.0752. The van der Waals surface area contributed by atoms with Crippen LogP contribution in [0.1, 0.15) is 24.1 Å². The van der Waals surface area contributed by atoms with Crippen LogP contribution in [0.2, 0.25) is 10.0 Å². The summed E-state index contributed by atoms with van der Waals surface area (Å²) in [4.78, 5) is 11.9. The van der Waals surface area contributed by atoms with Gasteiger partial charge in [-0.05, 0) is 36.2 Å². The molecule has 5 heteroatoms. The first kappa shape index (κ1) is 16.8. The number of benzene rings is 2. The fourth-order valence-electron chi connectivity index (χ4n) is 2.04. The lowest BCUT2D eigenvalue weighted by molar-refractivity contribution is -0.120. The molecule has 2 aromatic carbocycles. The van der Waals surface area contributed by atoms with E-state index < -0.39 is 0 Å². The molecular weight excluding hydrogens is 319 g/mol. The zero-order valence-corrected chi connectivity index (χ0v) is 13.8. The zero-order chi connectivity index (χ0) is 15.9. The average Bonchev–Trinajstić information content (AvgIpc) is 2.52. The molecule has 0 aliphatic heterocycles. The molecule has 116 valence electrons. The third kappa shape index (κ3) is 5.02. The summed E-state index contributed by atoms with van der Waals surface area (Å²) in [6.07, 6.45) is 0. The van der Waals surface area contributed by atoms with Crippen molar-refractivity contribution in [3.63, 3.8) is 0 Å². The summed E-state index contributed by atoms with van der Waals surface area (Å²) in [5.41, 5.74) is 1.95. The molecule has 2 N–H and O–H groups in total. The second kappa shape index (κ2) is 8.18. The maximum Gasteiger partial charge on any atom is 0.234 e. The minimum absolute atomic E-state index is 0.0461. The van der Waals surface area contributed by atoms with E-state index in [1.165, 1.54) is 0 Å².